The minimum atomic E-state index is -0.532. The van der Waals surface area contributed by atoms with Crippen LogP contribution in [0.4, 0.5) is 0 Å². The summed E-state index contributed by atoms with van der Waals surface area (Å²) in [5, 5.41) is 2.81. The highest BCUT2D eigenvalue weighted by Gasteiger charge is 2.13. The Morgan fingerprint density at radius 1 is 1.00 bits per heavy atom. The third-order valence-corrected chi connectivity index (χ3v) is 4.12. The van der Waals surface area contributed by atoms with E-state index in [2.05, 4.69) is 12.2 Å². The van der Waals surface area contributed by atoms with Crippen molar-refractivity contribution in [2.45, 2.75) is 39.2 Å². The Kier molecular flexibility index (Phi) is 8.36. The van der Waals surface area contributed by atoms with E-state index in [1.54, 1.807) is 24.3 Å². The molecule has 0 fully saturated rings. The van der Waals surface area contributed by atoms with Gasteiger partial charge in [-0.2, -0.15) is 0 Å². The molecule has 0 aromatic heterocycles. The van der Waals surface area contributed by atoms with Crippen LogP contribution in [0.5, 0.6) is 5.75 Å². The molecule has 0 spiro atoms. The molecule has 2 rings (SSSR count). The fourth-order valence-electron chi connectivity index (χ4n) is 2.55. The summed E-state index contributed by atoms with van der Waals surface area (Å²) in [5.41, 5.74) is 1.38. The topological polar surface area (TPSA) is 64.6 Å². The van der Waals surface area contributed by atoms with Gasteiger partial charge in [-0.15, -0.1) is 0 Å². The molecule has 2 aromatic rings. The molecule has 0 heterocycles. The lowest BCUT2D eigenvalue weighted by Crippen LogP contribution is -2.31. The summed E-state index contributed by atoms with van der Waals surface area (Å²) in [6.45, 7) is 4.37. The number of unbranched alkanes of at least 4 members (excludes halogenated alkanes) is 2. The summed E-state index contributed by atoms with van der Waals surface area (Å²) in [6.07, 6.45) is 3.29. The summed E-state index contributed by atoms with van der Waals surface area (Å²) in [5.74, 6) is -0.150. The van der Waals surface area contributed by atoms with E-state index in [0.29, 0.717) is 12.2 Å². The number of rotatable bonds is 10. The molecule has 0 saturated heterocycles. The van der Waals surface area contributed by atoms with E-state index in [1.807, 2.05) is 37.3 Å². The second-order valence-corrected chi connectivity index (χ2v) is 6.36. The Balaban J connectivity index is 1.75. The number of amides is 1. The molecular formula is C22H27NO4. The predicted molar refractivity (Wildman–Crippen MR) is 105 cm³/mol. The number of nitrogens with one attached hydrogen (secondary N) is 1. The van der Waals surface area contributed by atoms with Gasteiger partial charge in [-0.05, 0) is 43.2 Å². The summed E-state index contributed by atoms with van der Waals surface area (Å²) >= 11 is 0. The largest absolute Gasteiger partial charge is 0.494 e. The molecule has 0 unspecified atom stereocenters. The third-order valence-electron chi connectivity index (χ3n) is 4.12. The Bertz CT molecular complexity index is 713. The molecule has 27 heavy (non-hydrogen) atoms. The Labute approximate surface area is 160 Å². The molecule has 1 atom stereocenters. The molecule has 0 saturated carbocycles. The predicted octanol–water partition coefficient (Wildman–Crippen LogP) is 4.29. The molecule has 5 nitrogen and oxygen atoms in total. The molecule has 0 radical (unpaired) electrons. The number of esters is 1. The van der Waals surface area contributed by atoms with Gasteiger partial charge in [0.1, 0.15) is 5.75 Å². The first-order chi connectivity index (χ1) is 13.1. The van der Waals surface area contributed by atoms with E-state index in [9.17, 15) is 9.59 Å². The van der Waals surface area contributed by atoms with Crippen molar-refractivity contribution < 1.29 is 19.1 Å². The molecule has 0 aliphatic rings. The van der Waals surface area contributed by atoms with Crippen LogP contribution in [0.3, 0.4) is 0 Å². The second kappa shape index (κ2) is 11.0. The van der Waals surface area contributed by atoms with Crippen molar-refractivity contribution in [1.82, 2.24) is 5.32 Å². The zero-order valence-electron chi connectivity index (χ0n) is 15.9. The monoisotopic (exact) mass is 369 g/mol. The van der Waals surface area contributed by atoms with Crippen LogP contribution in [-0.4, -0.2) is 25.1 Å². The highest BCUT2D eigenvalue weighted by Crippen LogP contribution is 2.14. The average molecular weight is 369 g/mol. The van der Waals surface area contributed by atoms with Crippen LogP contribution in [0, 0.1) is 0 Å². The molecule has 0 aliphatic carbocycles. The first-order valence-electron chi connectivity index (χ1n) is 9.34. The van der Waals surface area contributed by atoms with Crippen molar-refractivity contribution >= 4 is 11.9 Å². The van der Waals surface area contributed by atoms with Gasteiger partial charge >= 0.3 is 5.97 Å². The Morgan fingerprint density at radius 3 is 2.37 bits per heavy atom. The summed E-state index contributed by atoms with van der Waals surface area (Å²) in [4.78, 5) is 24.1. The normalized spacial score (nSPS) is 11.5. The molecule has 1 amide bonds. The minimum absolute atomic E-state index is 0.151. The summed E-state index contributed by atoms with van der Waals surface area (Å²) < 4.78 is 10.7. The molecule has 1 N–H and O–H groups in total. The van der Waals surface area contributed by atoms with Crippen LogP contribution in [-0.2, 0) is 9.53 Å². The van der Waals surface area contributed by atoms with E-state index in [0.717, 1.165) is 30.6 Å². The van der Waals surface area contributed by atoms with Crippen LogP contribution in [0.1, 0.15) is 55.1 Å². The number of benzene rings is 2. The maximum atomic E-state index is 12.1. The fraction of sp³-hybridized carbons (Fsp3) is 0.364. The van der Waals surface area contributed by atoms with Crippen LogP contribution < -0.4 is 10.1 Å². The number of carbonyl (C=O) groups excluding carboxylic acids is 2. The zero-order chi connectivity index (χ0) is 19.5. The standard InChI is InChI=1S/C22H27NO4/c1-3-4-8-15-26-20-13-11-19(12-14-20)22(25)27-16-21(24)23-17(2)18-9-6-5-7-10-18/h5-7,9-14,17H,3-4,8,15-16H2,1-2H3,(H,23,24)/t17-/m0/s1. The van der Waals surface area contributed by atoms with Gasteiger partial charge in [0.2, 0.25) is 0 Å². The Morgan fingerprint density at radius 2 is 1.70 bits per heavy atom. The summed E-state index contributed by atoms with van der Waals surface area (Å²) in [7, 11) is 0. The van der Waals surface area contributed by atoms with Gasteiger partial charge in [0.15, 0.2) is 6.61 Å². The van der Waals surface area contributed by atoms with Crippen molar-refractivity contribution in [2.24, 2.45) is 0 Å². The highest BCUT2D eigenvalue weighted by molar-refractivity contribution is 5.91. The smallest absolute Gasteiger partial charge is 0.338 e. The van der Waals surface area contributed by atoms with Crippen molar-refractivity contribution in [2.75, 3.05) is 13.2 Å². The van der Waals surface area contributed by atoms with Gasteiger partial charge in [-0.3, -0.25) is 4.79 Å². The zero-order valence-corrected chi connectivity index (χ0v) is 15.9. The van der Waals surface area contributed by atoms with Crippen LogP contribution in [0.25, 0.3) is 0 Å². The number of ether oxygens (including phenoxy) is 2. The SMILES string of the molecule is CCCCCOc1ccc(C(=O)OCC(=O)N[C@@H](C)c2ccccc2)cc1. The van der Waals surface area contributed by atoms with Gasteiger partial charge in [-0.25, -0.2) is 4.79 Å². The van der Waals surface area contributed by atoms with Gasteiger partial charge in [0, 0.05) is 0 Å². The second-order valence-electron chi connectivity index (χ2n) is 6.36. The molecular weight excluding hydrogens is 342 g/mol. The number of hydrogen-bond donors (Lipinski definition) is 1. The highest BCUT2D eigenvalue weighted by atomic mass is 16.5. The molecule has 2 aromatic carbocycles. The molecule has 144 valence electrons. The quantitative estimate of drug-likeness (QED) is 0.501. The van der Waals surface area contributed by atoms with Crippen molar-refractivity contribution in [3.05, 3.63) is 65.7 Å². The minimum Gasteiger partial charge on any atom is -0.494 e. The van der Waals surface area contributed by atoms with Gasteiger partial charge in [-0.1, -0.05) is 50.1 Å². The first kappa shape index (κ1) is 20.5. The van der Waals surface area contributed by atoms with Crippen molar-refractivity contribution in [3.8, 4) is 5.75 Å². The summed E-state index contributed by atoms with van der Waals surface area (Å²) in [6, 6.07) is 16.2. The van der Waals surface area contributed by atoms with Crippen LogP contribution >= 0.6 is 0 Å². The maximum absolute atomic E-state index is 12.1. The van der Waals surface area contributed by atoms with Crippen LogP contribution in [0.15, 0.2) is 54.6 Å². The number of hydrogen-bond acceptors (Lipinski definition) is 4. The van der Waals surface area contributed by atoms with E-state index in [1.165, 1.54) is 0 Å². The lowest BCUT2D eigenvalue weighted by atomic mass is 10.1. The number of carbonyl (C=O) groups is 2. The average Bonchev–Trinajstić information content (AvgIpc) is 2.70. The third kappa shape index (κ3) is 7.13. The van der Waals surface area contributed by atoms with E-state index in [-0.39, 0.29) is 18.6 Å². The fourth-order valence-corrected chi connectivity index (χ4v) is 2.55. The van der Waals surface area contributed by atoms with Crippen LogP contribution in [0.2, 0.25) is 0 Å². The van der Waals surface area contributed by atoms with Crippen molar-refractivity contribution in [3.63, 3.8) is 0 Å². The van der Waals surface area contributed by atoms with Gasteiger partial charge < -0.3 is 14.8 Å². The van der Waals surface area contributed by atoms with Gasteiger partial charge in [0.05, 0.1) is 18.2 Å². The molecule has 0 bridgehead atoms. The maximum Gasteiger partial charge on any atom is 0.338 e. The Hall–Kier alpha value is -2.82. The van der Waals surface area contributed by atoms with Crippen molar-refractivity contribution in [1.29, 1.82) is 0 Å². The van der Waals surface area contributed by atoms with E-state index < -0.39 is 5.97 Å². The first-order valence-corrected chi connectivity index (χ1v) is 9.34. The van der Waals surface area contributed by atoms with E-state index in [4.69, 9.17) is 9.47 Å². The molecule has 0 aliphatic heterocycles. The van der Waals surface area contributed by atoms with E-state index >= 15 is 0 Å². The lowest BCUT2D eigenvalue weighted by Gasteiger charge is -2.14. The van der Waals surface area contributed by atoms with Gasteiger partial charge in [0.25, 0.3) is 5.91 Å². The molecule has 5 heteroatoms. The lowest BCUT2D eigenvalue weighted by molar-refractivity contribution is -0.124.